The van der Waals surface area contributed by atoms with E-state index in [4.69, 9.17) is 4.74 Å². The fourth-order valence-corrected chi connectivity index (χ4v) is 8.00. The number of hydrogen-bond donors (Lipinski definition) is 1. The van der Waals surface area contributed by atoms with E-state index >= 15 is 0 Å². The van der Waals surface area contributed by atoms with Crippen molar-refractivity contribution in [1.29, 1.82) is 0 Å². The molecule has 3 fully saturated rings. The summed E-state index contributed by atoms with van der Waals surface area (Å²) in [4.78, 5) is 22.2. The van der Waals surface area contributed by atoms with Gasteiger partial charge in [0.05, 0.1) is 20.7 Å². The Morgan fingerprint density at radius 2 is 2.03 bits per heavy atom. The van der Waals surface area contributed by atoms with Crippen molar-refractivity contribution in [3.05, 3.63) is 17.8 Å². The highest BCUT2D eigenvalue weighted by molar-refractivity contribution is 7.93. The van der Waals surface area contributed by atoms with E-state index in [-0.39, 0.29) is 23.5 Å². The quantitative estimate of drug-likeness (QED) is 0.763. The minimum Gasteiger partial charge on any atom is -0.375 e. The Morgan fingerprint density at radius 3 is 2.83 bits per heavy atom. The van der Waals surface area contributed by atoms with Crippen LogP contribution in [-0.4, -0.2) is 49.8 Å². The maximum Gasteiger partial charge on any atom is 0.256 e. The largest absolute Gasteiger partial charge is 0.375 e. The number of carbonyl (C=O) groups excluding carboxylic acids is 1. The second kappa shape index (κ2) is 8.16. The Kier molecular flexibility index (Phi) is 5.53. The van der Waals surface area contributed by atoms with Crippen LogP contribution in [0.5, 0.6) is 0 Å². The summed E-state index contributed by atoms with van der Waals surface area (Å²) in [6, 6.07) is 2.30. The van der Waals surface area contributed by atoms with Crippen molar-refractivity contribution in [3.8, 4) is 0 Å². The molecule has 1 spiro atoms. The summed E-state index contributed by atoms with van der Waals surface area (Å²) in [5.41, 5.74) is -0.274. The number of rotatable bonds is 3. The van der Waals surface area contributed by atoms with E-state index in [1.54, 1.807) is 17.7 Å². The zero-order valence-electron chi connectivity index (χ0n) is 17.0. The molecule has 1 N–H and O–H groups in total. The first kappa shape index (κ1) is 20.3. The molecule has 1 aliphatic carbocycles. The summed E-state index contributed by atoms with van der Waals surface area (Å²) < 4.78 is 23.7. The van der Waals surface area contributed by atoms with Crippen molar-refractivity contribution in [3.63, 3.8) is 0 Å². The zero-order valence-corrected chi connectivity index (χ0v) is 18.7. The van der Waals surface area contributed by atoms with Gasteiger partial charge in [-0.1, -0.05) is 12.8 Å². The number of nitrogens with zero attached hydrogens (tertiary/aromatic N) is 3. The highest BCUT2D eigenvalue weighted by Crippen LogP contribution is 2.38. The Bertz CT molecular complexity index is 1040. The van der Waals surface area contributed by atoms with Crippen molar-refractivity contribution >= 4 is 43.0 Å². The fraction of sp³-hybridized carbons (Fsp3) is 0.667. The number of amides is 1. The van der Waals surface area contributed by atoms with Crippen molar-refractivity contribution in [2.75, 3.05) is 23.4 Å². The van der Waals surface area contributed by atoms with Crippen LogP contribution < -0.4 is 5.32 Å². The molecule has 30 heavy (non-hydrogen) atoms. The first-order chi connectivity index (χ1) is 14.5. The standard InChI is InChI=1S/C21H28N4O3S2/c26-19(15-3-1-2-4-15)25-30(27)11-7-21(8-12-30)13-16(5-9-28-21)24-18-17-6-10-29-20(17)23-14-22-18/h6,10,14-16H,1-5,7-9,11-13H2,(H,22,23,24). The van der Waals surface area contributed by atoms with Gasteiger partial charge in [0.2, 0.25) is 0 Å². The zero-order chi connectivity index (χ0) is 20.6. The van der Waals surface area contributed by atoms with Gasteiger partial charge in [-0.3, -0.25) is 4.79 Å². The number of carbonyl (C=O) groups is 1. The van der Waals surface area contributed by atoms with E-state index in [0.29, 0.717) is 31.0 Å². The first-order valence-electron chi connectivity index (χ1n) is 10.9. The van der Waals surface area contributed by atoms with Crippen molar-refractivity contribution in [1.82, 2.24) is 9.97 Å². The minimum atomic E-state index is -2.44. The van der Waals surface area contributed by atoms with E-state index in [1.807, 2.05) is 5.38 Å². The molecule has 1 unspecified atom stereocenters. The lowest BCUT2D eigenvalue weighted by atomic mass is 9.85. The van der Waals surface area contributed by atoms with Crippen LogP contribution in [0.3, 0.4) is 0 Å². The molecule has 162 valence electrons. The lowest BCUT2D eigenvalue weighted by Crippen LogP contribution is -2.49. The van der Waals surface area contributed by atoms with Gasteiger partial charge in [0.1, 0.15) is 17.0 Å². The molecule has 0 radical (unpaired) electrons. The monoisotopic (exact) mass is 448 g/mol. The lowest BCUT2D eigenvalue weighted by Gasteiger charge is -2.44. The summed E-state index contributed by atoms with van der Waals surface area (Å²) in [5, 5.41) is 6.68. The smallest absolute Gasteiger partial charge is 0.256 e. The Labute approximate surface area is 181 Å². The van der Waals surface area contributed by atoms with Crippen molar-refractivity contribution in [2.24, 2.45) is 10.3 Å². The molecule has 2 aliphatic heterocycles. The summed E-state index contributed by atoms with van der Waals surface area (Å²) >= 11 is 1.61. The topological polar surface area (TPSA) is 93.5 Å². The highest BCUT2D eigenvalue weighted by atomic mass is 32.2. The van der Waals surface area contributed by atoms with Gasteiger partial charge in [0, 0.05) is 30.1 Å². The number of thiophene rings is 1. The van der Waals surface area contributed by atoms with Crippen LogP contribution in [0.2, 0.25) is 0 Å². The number of fused-ring (bicyclic) bond motifs is 1. The molecule has 7 nitrogen and oxygen atoms in total. The molecular formula is C21H28N4O3S2. The lowest BCUT2D eigenvalue weighted by molar-refractivity contribution is -0.121. The van der Waals surface area contributed by atoms with E-state index in [1.165, 1.54) is 0 Å². The number of anilines is 1. The van der Waals surface area contributed by atoms with Crippen LogP contribution in [0.1, 0.15) is 51.4 Å². The molecule has 9 heteroatoms. The minimum absolute atomic E-state index is 0.000487. The van der Waals surface area contributed by atoms with Crippen LogP contribution in [0.15, 0.2) is 22.1 Å². The molecule has 2 aromatic rings. The number of aromatic nitrogens is 2. The second-order valence-electron chi connectivity index (χ2n) is 8.82. The Balaban J connectivity index is 1.25. The second-order valence-corrected chi connectivity index (χ2v) is 12.3. The fourth-order valence-electron chi connectivity index (χ4n) is 5.02. The molecule has 4 heterocycles. The molecule has 5 rings (SSSR count). The van der Waals surface area contributed by atoms with Crippen LogP contribution in [0.4, 0.5) is 5.82 Å². The van der Waals surface area contributed by atoms with Crippen molar-refractivity contribution in [2.45, 2.75) is 63.0 Å². The number of hydrogen-bond acceptors (Lipinski definition) is 7. The van der Waals surface area contributed by atoms with Gasteiger partial charge in [-0.15, -0.1) is 11.3 Å². The van der Waals surface area contributed by atoms with E-state index < -0.39 is 9.73 Å². The van der Waals surface area contributed by atoms with Crippen LogP contribution >= 0.6 is 11.3 Å². The third-order valence-corrected chi connectivity index (χ3v) is 9.83. The molecular weight excluding hydrogens is 420 g/mol. The molecule has 1 amide bonds. The first-order valence-corrected chi connectivity index (χ1v) is 13.6. The van der Waals surface area contributed by atoms with Crippen LogP contribution in [0, 0.1) is 5.92 Å². The summed E-state index contributed by atoms with van der Waals surface area (Å²) in [5.74, 6) is 1.67. The molecule has 0 bridgehead atoms. The molecule has 3 aliphatic rings. The van der Waals surface area contributed by atoms with Gasteiger partial charge in [-0.2, -0.15) is 4.36 Å². The van der Waals surface area contributed by atoms with Crippen LogP contribution in [-0.2, 0) is 19.3 Å². The summed E-state index contributed by atoms with van der Waals surface area (Å²) in [6.07, 6.45) is 8.75. The molecule has 1 atom stereocenters. The summed E-state index contributed by atoms with van der Waals surface area (Å²) in [7, 11) is -2.44. The molecule has 0 aromatic carbocycles. The third kappa shape index (κ3) is 4.11. The molecule has 1 saturated carbocycles. The SMILES string of the molecule is O=C(N=S1(=O)CCC2(CC1)CC(Nc1ncnc3sccc13)CCO2)C1CCCC1. The maximum absolute atomic E-state index is 13.2. The maximum atomic E-state index is 13.2. The predicted molar refractivity (Wildman–Crippen MR) is 119 cm³/mol. The molecule has 2 aromatic heterocycles. The Morgan fingerprint density at radius 1 is 1.23 bits per heavy atom. The van der Waals surface area contributed by atoms with Crippen molar-refractivity contribution < 1.29 is 13.7 Å². The van der Waals surface area contributed by atoms with Gasteiger partial charge >= 0.3 is 0 Å². The summed E-state index contributed by atoms with van der Waals surface area (Å²) in [6.45, 7) is 0.675. The van der Waals surface area contributed by atoms with E-state index in [9.17, 15) is 9.00 Å². The van der Waals surface area contributed by atoms with Gasteiger partial charge in [0.25, 0.3) is 5.91 Å². The average Bonchev–Trinajstić information content (AvgIpc) is 3.43. The van der Waals surface area contributed by atoms with E-state index in [0.717, 1.165) is 54.6 Å². The van der Waals surface area contributed by atoms with Gasteiger partial charge in [0.15, 0.2) is 0 Å². The number of nitrogens with one attached hydrogen (secondary N) is 1. The normalized spacial score (nSPS) is 32.5. The van der Waals surface area contributed by atoms with E-state index in [2.05, 4.69) is 25.7 Å². The Hall–Kier alpha value is -1.58. The molecule has 2 saturated heterocycles. The third-order valence-electron chi connectivity index (χ3n) is 6.81. The highest BCUT2D eigenvalue weighted by Gasteiger charge is 2.42. The predicted octanol–water partition coefficient (Wildman–Crippen LogP) is 4.00. The van der Waals surface area contributed by atoms with Gasteiger partial charge < -0.3 is 10.1 Å². The van der Waals surface area contributed by atoms with Gasteiger partial charge in [-0.25, -0.2) is 14.2 Å². The average molecular weight is 449 g/mol. The van der Waals surface area contributed by atoms with Crippen LogP contribution in [0.25, 0.3) is 10.2 Å². The van der Waals surface area contributed by atoms with Gasteiger partial charge in [-0.05, 0) is 50.0 Å². The number of ether oxygens (including phenoxy) is 1.